The highest BCUT2D eigenvalue weighted by molar-refractivity contribution is 5.77. The van der Waals surface area contributed by atoms with Crippen molar-refractivity contribution in [3.63, 3.8) is 0 Å². The van der Waals surface area contributed by atoms with Crippen molar-refractivity contribution in [1.82, 2.24) is 14.9 Å². The second kappa shape index (κ2) is 5.74. The highest BCUT2D eigenvalue weighted by Crippen LogP contribution is 2.20. The normalized spacial score (nSPS) is 14.8. The third kappa shape index (κ3) is 2.81. The van der Waals surface area contributed by atoms with Gasteiger partial charge in [-0.3, -0.25) is 0 Å². The van der Waals surface area contributed by atoms with Crippen LogP contribution in [0.1, 0.15) is 31.4 Å². The summed E-state index contributed by atoms with van der Waals surface area (Å²) in [5.41, 5.74) is 4.98. The molecule has 1 heterocycles. The number of nitrogens with zero attached hydrogens (tertiary/aromatic N) is 2. The average Bonchev–Trinajstić information content (AvgIpc) is 2.78. The van der Waals surface area contributed by atoms with Crippen molar-refractivity contribution in [1.29, 1.82) is 0 Å². The Balaban J connectivity index is 2.32. The predicted octanol–water partition coefficient (Wildman–Crippen LogP) is 3.29. The van der Waals surface area contributed by atoms with E-state index in [2.05, 4.69) is 54.7 Å². The Kier molecular flexibility index (Phi) is 4.25. The van der Waals surface area contributed by atoms with Gasteiger partial charge in [-0.05, 0) is 50.1 Å². The molecular formula is C16H25N3. The molecule has 3 nitrogen and oxygen atoms in total. The van der Waals surface area contributed by atoms with Crippen LogP contribution in [0.25, 0.3) is 11.0 Å². The van der Waals surface area contributed by atoms with Gasteiger partial charge in [0, 0.05) is 12.6 Å². The summed E-state index contributed by atoms with van der Waals surface area (Å²) < 4.78 is 2.27. The summed E-state index contributed by atoms with van der Waals surface area (Å²) >= 11 is 0. The average molecular weight is 259 g/mol. The quantitative estimate of drug-likeness (QED) is 0.893. The van der Waals surface area contributed by atoms with E-state index in [4.69, 9.17) is 0 Å². The van der Waals surface area contributed by atoms with Crippen LogP contribution in [0.5, 0.6) is 0 Å². The third-order valence-corrected chi connectivity index (χ3v) is 4.33. The smallest absolute Gasteiger partial charge is 0.0958 e. The van der Waals surface area contributed by atoms with Gasteiger partial charge in [0.15, 0.2) is 0 Å². The van der Waals surface area contributed by atoms with E-state index in [1.807, 2.05) is 13.4 Å². The van der Waals surface area contributed by atoms with Crippen molar-refractivity contribution in [3.8, 4) is 0 Å². The molecule has 2 atom stereocenters. The first-order valence-corrected chi connectivity index (χ1v) is 7.16. The lowest BCUT2D eigenvalue weighted by atomic mass is 9.99. The van der Waals surface area contributed by atoms with Crippen LogP contribution in [-0.2, 0) is 6.54 Å². The van der Waals surface area contributed by atoms with Crippen LogP contribution in [0.15, 0.2) is 18.5 Å². The standard InChI is InChI=1S/C16H25N3/c1-6-11(2)15(17-5)9-19-10-18-14-7-12(3)13(4)8-16(14)19/h7-8,10-11,15,17H,6,9H2,1-5H3. The topological polar surface area (TPSA) is 29.9 Å². The molecular weight excluding hydrogens is 234 g/mol. The fourth-order valence-corrected chi connectivity index (χ4v) is 2.51. The first kappa shape index (κ1) is 14.1. The number of hydrogen-bond donors (Lipinski definition) is 1. The number of aromatic nitrogens is 2. The van der Waals surface area contributed by atoms with Crippen molar-refractivity contribution >= 4 is 11.0 Å². The molecule has 104 valence electrons. The molecule has 0 fully saturated rings. The Hall–Kier alpha value is -1.35. The number of imidazole rings is 1. The van der Waals surface area contributed by atoms with Gasteiger partial charge in [-0.25, -0.2) is 4.98 Å². The van der Waals surface area contributed by atoms with Crippen molar-refractivity contribution in [2.75, 3.05) is 7.05 Å². The van der Waals surface area contributed by atoms with Gasteiger partial charge in [-0.2, -0.15) is 0 Å². The first-order chi connectivity index (χ1) is 9.06. The second-order valence-corrected chi connectivity index (χ2v) is 5.60. The number of likely N-dealkylation sites (N-methyl/N-ethyl adjacent to an activating group) is 1. The Morgan fingerprint density at radius 3 is 2.58 bits per heavy atom. The zero-order chi connectivity index (χ0) is 14.0. The third-order valence-electron chi connectivity index (χ3n) is 4.33. The maximum atomic E-state index is 4.53. The monoisotopic (exact) mass is 259 g/mol. The fraction of sp³-hybridized carbons (Fsp3) is 0.562. The summed E-state index contributed by atoms with van der Waals surface area (Å²) in [6.45, 7) is 9.83. The lowest BCUT2D eigenvalue weighted by Gasteiger charge is -2.23. The van der Waals surface area contributed by atoms with Crippen LogP contribution in [0, 0.1) is 19.8 Å². The maximum absolute atomic E-state index is 4.53. The lowest BCUT2D eigenvalue weighted by molar-refractivity contribution is 0.351. The van der Waals surface area contributed by atoms with Gasteiger partial charge in [-0.1, -0.05) is 20.3 Å². The molecule has 2 aromatic rings. The van der Waals surface area contributed by atoms with Gasteiger partial charge >= 0.3 is 0 Å². The van der Waals surface area contributed by atoms with E-state index < -0.39 is 0 Å². The van der Waals surface area contributed by atoms with Gasteiger partial charge in [-0.15, -0.1) is 0 Å². The first-order valence-electron chi connectivity index (χ1n) is 7.16. The van der Waals surface area contributed by atoms with Gasteiger partial charge in [0.2, 0.25) is 0 Å². The minimum Gasteiger partial charge on any atom is -0.329 e. The molecule has 0 bridgehead atoms. The molecule has 2 rings (SSSR count). The highest BCUT2D eigenvalue weighted by atomic mass is 15.1. The molecule has 0 spiro atoms. The van der Waals surface area contributed by atoms with Crippen LogP contribution in [0.2, 0.25) is 0 Å². The van der Waals surface area contributed by atoms with E-state index in [1.54, 1.807) is 0 Å². The number of rotatable bonds is 5. The van der Waals surface area contributed by atoms with Gasteiger partial charge in [0.05, 0.1) is 17.4 Å². The van der Waals surface area contributed by atoms with Crippen LogP contribution in [-0.4, -0.2) is 22.6 Å². The number of benzene rings is 1. The van der Waals surface area contributed by atoms with Crippen molar-refractivity contribution in [2.45, 2.75) is 46.7 Å². The van der Waals surface area contributed by atoms with E-state index in [9.17, 15) is 0 Å². The van der Waals surface area contributed by atoms with Crippen LogP contribution < -0.4 is 5.32 Å². The fourth-order valence-electron chi connectivity index (χ4n) is 2.51. The molecule has 1 N–H and O–H groups in total. The van der Waals surface area contributed by atoms with Gasteiger partial charge < -0.3 is 9.88 Å². The molecule has 0 aliphatic carbocycles. The zero-order valence-electron chi connectivity index (χ0n) is 12.7. The van der Waals surface area contributed by atoms with E-state index >= 15 is 0 Å². The summed E-state index contributed by atoms with van der Waals surface area (Å²) in [6.07, 6.45) is 3.16. The molecule has 0 saturated carbocycles. The second-order valence-electron chi connectivity index (χ2n) is 5.60. The van der Waals surface area contributed by atoms with E-state index in [1.165, 1.54) is 23.1 Å². The van der Waals surface area contributed by atoms with E-state index in [0.717, 1.165) is 12.1 Å². The maximum Gasteiger partial charge on any atom is 0.0958 e. The molecule has 0 amide bonds. The summed E-state index contributed by atoms with van der Waals surface area (Å²) in [5.74, 6) is 0.661. The molecule has 19 heavy (non-hydrogen) atoms. The molecule has 0 saturated heterocycles. The Morgan fingerprint density at radius 2 is 1.95 bits per heavy atom. The largest absolute Gasteiger partial charge is 0.329 e. The predicted molar refractivity (Wildman–Crippen MR) is 81.5 cm³/mol. The van der Waals surface area contributed by atoms with Crippen molar-refractivity contribution in [3.05, 3.63) is 29.6 Å². The Morgan fingerprint density at radius 1 is 1.26 bits per heavy atom. The van der Waals surface area contributed by atoms with Gasteiger partial charge in [0.25, 0.3) is 0 Å². The summed E-state index contributed by atoms with van der Waals surface area (Å²) in [7, 11) is 2.05. The van der Waals surface area contributed by atoms with Gasteiger partial charge in [0.1, 0.15) is 0 Å². The molecule has 3 heteroatoms. The molecule has 2 unspecified atom stereocenters. The van der Waals surface area contributed by atoms with Crippen molar-refractivity contribution in [2.24, 2.45) is 5.92 Å². The van der Waals surface area contributed by atoms with Crippen molar-refractivity contribution < 1.29 is 0 Å². The molecule has 0 aliphatic heterocycles. The number of hydrogen-bond acceptors (Lipinski definition) is 2. The minimum atomic E-state index is 0.490. The summed E-state index contributed by atoms with van der Waals surface area (Å²) in [5, 5.41) is 3.43. The lowest BCUT2D eigenvalue weighted by Crippen LogP contribution is -2.35. The molecule has 0 radical (unpaired) electrons. The summed E-state index contributed by atoms with van der Waals surface area (Å²) in [6, 6.07) is 4.92. The van der Waals surface area contributed by atoms with E-state index in [0.29, 0.717) is 12.0 Å². The number of fused-ring (bicyclic) bond motifs is 1. The van der Waals surface area contributed by atoms with E-state index in [-0.39, 0.29) is 0 Å². The molecule has 1 aromatic carbocycles. The van der Waals surface area contributed by atoms with Crippen LogP contribution in [0.3, 0.4) is 0 Å². The number of nitrogens with one attached hydrogen (secondary N) is 1. The summed E-state index contributed by atoms with van der Waals surface area (Å²) in [4.78, 5) is 4.53. The SMILES string of the molecule is CCC(C)C(Cn1cnc2cc(C)c(C)cc21)NC. The Labute approximate surface area is 116 Å². The van der Waals surface area contributed by atoms with Crippen LogP contribution >= 0.6 is 0 Å². The molecule has 0 aliphatic rings. The van der Waals surface area contributed by atoms with Crippen LogP contribution in [0.4, 0.5) is 0 Å². The number of aryl methyl sites for hydroxylation is 2. The highest BCUT2D eigenvalue weighted by Gasteiger charge is 2.15. The molecule has 1 aromatic heterocycles. The zero-order valence-corrected chi connectivity index (χ0v) is 12.7. The Bertz CT molecular complexity index is 556. The minimum absolute atomic E-state index is 0.490.